The number of carbonyl (C=O) groups excluding carboxylic acids is 1. The molecule has 19 heavy (non-hydrogen) atoms. The summed E-state index contributed by atoms with van der Waals surface area (Å²) in [7, 11) is 0. The minimum atomic E-state index is -0.237. The van der Waals surface area contributed by atoms with E-state index in [-0.39, 0.29) is 18.6 Å². The van der Waals surface area contributed by atoms with E-state index in [2.05, 4.69) is 15.3 Å². The van der Waals surface area contributed by atoms with Crippen LogP contribution in [0.2, 0.25) is 0 Å². The molecule has 1 atom stereocenters. The van der Waals surface area contributed by atoms with Crippen molar-refractivity contribution in [2.75, 3.05) is 12.3 Å². The quantitative estimate of drug-likeness (QED) is 0.751. The standard InChI is InChI=1S/C13H16N4O2/c1-2-9(6-18)17-13(19)8-3-4-10-11(5-8)15-7-16-12(10)14/h3-5,7,9,18H,2,6H2,1H3,(H,17,19)(H2,14,15,16)/t9-/m0/s1. The zero-order valence-electron chi connectivity index (χ0n) is 10.6. The van der Waals surface area contributed by atoms with Crippen molar-refractivity contribution in [1.29, 1.82) is 0 Å². The largest absolute Gasteiger partial charge is 0.394 e. The fourth-order valence-electron chi connectivity index (χ4n) is 1.76. The van der Waals surface area contributed by atoms with Crippen LogP contribution in [0, 0.1) is 0 Å². The number of amides is 1. The van der Waals surface area contributed by atoms with Gasteiger partial charge in [0.1, 0.15) is 12.1 Å². The van der Waals surface area contributed by atoms with E-state index in [0.29, 0.717) is 28.7 Å². The van der Waals surface area contributed by atoms with Crippen molar-refractivity contribution in [2.45, 2.75) is 19.4 Å². The number of aromatic nitrogens is 2. The minimum absolute atomic E-state index is 0.0784. The second kappa shape index (κ2) is 5.62. The van der Waals surface area contributed by atoms with Crippen LogP contribution in [0.15, 0.2) is 24.5 Å². The van der Waals surface area contributed by atoms with Crippen molar-refractivity contribution in [3.63, 3.8) is 0 Å². The highest BCUT2D eigenvalue weighted by molar-refractivity contribution is 5.99. The van der Waals surface area contributed by atoms with Gasteiger partial charge in [-0.25, -0.2) is 9.97 Å². The number of hydrogen-bond acceptors (Lipinski definition) is 5. The predicted molar refractivity (Wildman–Crippen MR) is 72.6 cm³/mol. The van der Waals surface area contributed by atoms with Gasteiger partial charge >= 0.3 is 0 Å². The first-order valence-electron chi connectivity index (χ1n) is 6.07. The Labute approximate surface area is 110 Å². The molecule has 1 amide bonds. The van der Waals surface area contributed by atoms with Crippen molar-refractivity contribution in [1.82, 2.24) is 15.3 Å². The Morgan fingerprint density at radius 3 is 2.95 bits per heavy atom. The number of rotatable bonds is 4. The van der Waals surface area contributed by atoms with Crippen molar-refractivity contribution in [2.24, 2.45) is 0 Å². The van der Waals surface area contributed by atoms with E-state index >= 15 is 0 Å². The molecule has 6 heteroatoms. The highest BCUT2D eigenvalue weighted by atomic mass is 16.3. The van der Waals surface area contributed by atoms with Gasteiger partial charge < -0.3 is 16.2 Å². The maximum atomic E-state index is 12.0. The Morgan fingerprint density at radius 1 is 1.47 bits per heavy atom. The first-order chi connectivity index (χ1) is 9.15. The molecule has 2 rings (SSSR count). The summed E-state index contributed by atoms with van der Waals surface area (Å²) in [5.41, 5.74) is 6.83. The summed E-state index contributed by atoms with van der Waals surface area (Å²) in [6.07, 6.45) is 2.03. The summed E-state index contributed by atoms with van der Waals surface area (Å²) in [5.74, 6) is 0.152. The highest BCUT2D eigenvalue weighted by Crippen LogP contribution is 2.17. The number of nitrogens with one attached hydrogen (secondary N) is 1. The Balaban J connectivity index is 2.28. The molecule has 1 aromatic heterocycles. The number of fused-ring (bicyclic) bond motifs is 1. The zero-order chi connectivity index (χ0) is 13.8. The number of aliphatic hydroxyl groups is 1. The van der Waals surface area contributed by atoms with Gasteiger partial charge in [0.05, 0.1) is 18.2 Å². The lowest BCUT2D eigenvalue weighted by atomic mass is 10.1. The van der Waals surface area contributed by atoms with E-state index in [1.807, 2.05) is 6.92 Å². The van der Waals surface area contributed by atoms with E-state index < -0.39 is 0 Å². The lowest BCUT2D eigenvalue weighted by Gasteiger charge is -2.14. The lowest BCUT2D eigenvalue weighted by Crippen LogP contribution is -2.36. The van der Waals surface area contributed by atoms with Crippen molar-refractivity contribution >= 4 is 22.6 Å². The molecule has 6 nitrogen and oxygen atoms in total. The normalized spacial score (nSPS) is 12.3. The van der Waals surface area contributed by atoms with Gasteiger partial charge in [0.2, 0.25) is 0 Å². The molecule has 0 spiro atoms. The SMILES string of the molecule is CC[C@@H](CO)NC(=O)c1ccc2c(N)ncnc2c1. The minimum Gasteiger partial charge on any atom is -0.394 e. The van der Waals surface area contributed by atoms with Crippen LogP contribution in [-0.2, 0) is 0 Å². The zero-order valence-corrected chi connectivity index (χ0v) is 10.6. The number of anilines is 1. The monoisotopic (exact) mass is 260 g/mol. The van der Waals surface area contributed by atoms with E-state index in [0.717, 1.165) is 0 Å². The molecule has 0 fully saturated rings. The van der Waals surface area contributed by atoms with Crippen LogP contribution in [0.25, 0.3) is 10.9 Å². The second-order valence-corrected chi connectivity index (χ2v) is 4.25. The third-order valence-corrected chi connectivity index (χ3v) is 2.98. The molecule has 0 saturated carbocycles. The van der Waals surface area contributed by atoms with Crippen LogP contribution in [-0.4, -0.2) is 33.6 Å². The van der Waals surface area contributed by atoms with Crippen LogP contribution in [0.4, 0.5) is 5.82 Å². The van der Waals surface area contributed by atoms with E-state index in [9.17, 15) is 4.79 Å². The first kappa shape index (κ1) is 13.2. The Kier molecular flexibility index (Phi) is 3.91. The molecule has 100 valence electrons. The number of aliphatic hydroxyl groups excluding tert-OH is 1. The topological polar surface area (TPSA) is 101 Å². The molecular formula is C13H16N4O2. The molecular weight excluding hydrogens is 244 g/mol. The van der Waals surface area contributed by atoms with Crippen molar-refractivity contribution in [3.8, 4) is 0 Å². The molecule has 0 bridgehead atoms. The van der Waals surface area contributed by atoms with Gasteiger partial charge in [-0.3, -0.25) is 4.79 Å². The number of hydrogen-bond donors (Lipinski definition) is 3. The Morgan fingerprint density at radius 2 is 2.26 bits per heavy atom. The third kappa shape index (κ3) is 2.79. The first-order valence-corrected chi connectivity index (χ1v) is 6.07. The van der Waals surface area contributed by atoms with Crippen LogP contribution >= 0.6 is 0 Å². The van der Waals surface area contributed by atoms with Gasteiger partial charge in [-0.15, -0.1) is 0 Å². The molecule has 4 N–H and O–H groups in total. The van der Waals surface area contributed by atoms with E-state index in [1.54, 1.807) is 18.2 Å². The van der Waals surface area contributed by atoms with Crippen molar-refractivity contribution < 1.29 is 9.90 Å². The average molecular weight is 260 g/mol. The van der Waals surface area contributed by atoms with Gasteiger partial charge in [-0.1, -0.05) is 6.92 Å². The summed E-state index contributed by atoms with van der Waals surface area (Å²) in [6.45, 7) is 1.82. The maximum absolute atomic E-state index is 12.0. The molecule has 0 unspecified atom stereocenters. The van der Waals surface area contributed by atoms with Gasteiger partial charge in [-0.05, 0) is 24.6 Å². The summed E-state index contributed by atoms with van der Waals surface area (Å²) in [4.78, 5) is 20.0. The molecule has 1 heterocycles. The van der Waals surface area contributed by atoms with Gasteiger partial charge in [0, 0.05) is 10.9 Å². The molecule has 0 aliphatic carbocycles. The number of carbonyl (C=O) groups is 1. The van der Waals surface area contributed by atoms with Gasteiger partial charge in [-0.2, -0.15) is 0 Å². The smallest absolute Gasteiger partial charge is 0.251 e. The highest BCUT2D eigenvalue weighted by Gasteiger charge is 2.12. The molecule has 0 saturated heterocycles. The maximum Gasteiger partial charge on any atom is 0.251 e. The summed E-state index contributed by atoms with van der Waals surface area (Å²) < 4.78 is 0. The average Bonchev–Trinajstić information content (AvgIpc) is 2.44. The van der Waals surface area contributed by atoms with Crippen LogP contribution in [0.5, 0.6) is 0 Å². The van der Waals surface area contributed by atoms with Crippen molar-refractivity contribution in [3.05, 3.63) is 30.1 Å². The van der Waals surface area contributed by atoms with Crippen LogP contribution in [0.1, 0.15) is 23.7 Å². The van der Waals surface area contributed by atoms with E-state index in [1.165, 1.54) is 6.33 Å². The Hall–Kier alpha value is -2.21. The fraction of sp³-hybridized carbons (Fsp3) is 0.308. The number of benzene rings is 1. The molecule has 0 aliphatic rings. The summed E-state index contributed by atoms with van der Waals surface area (Å²) in [5, 5.41) is 12.5. The number of nitrogens with two attached hydrogens (primary N) is 1. The summed E-state index contributed by atoms with van der Waals surface area (Å²) >= 11 is 0. The predicted octanol–water partition coefficient (Wildman–Crippen LogP) is 0.713. The van der Waals surface area contributed by atoms with Crippen LogP contribution in [0.3, 0.4) is 0 Å². The van der Waals surface area contributed by atoms with Gasteiger partial charge in [0.25, 0.3) is 5.91 Å². The van der Waals surface area contributed by atoms with Gasteiger partial charge in [0.15, 0.2) is 0 Å². The lowest BCUT2D eigenvalue weighted by molar-refractivity contribution is 0.0915. The Bertz CT molecular complexity index is 596. The third-order valence-electron chi connectivity index (χ3n) is 2.98. The summed E-state index contributed by atoms with van der Waals surface area (Å²) in [6, 6.07) is 4.81. The molecule has 0 radical (unpaired) electrons. The molecule has 0 aliphatic heterocycles. The number of nitrogens with zero attached hydrogens (tertiary/aromatic N) is 2. The fourth-order valence-corrected chi connectivity index (χ4v) is 1.76. The van der Waals surface area contributed by atoms with E-state index in [4.69, 9.17) is 10.8 Å². The second-order valence-electron chi connectivity index (χ2n) is 4.25. The molecule has 1 aromatic carbocycles. The van der Waals surface area contributed by atoms with Crippen LogP contribution < -0.4 is 11.1 Å². The molecule has 2 aromatic rings. The number of nitrogen functional groups attached to an aromatic ring is 1.